The highest BCUT2D eigenvalue weighted by Crippen LogP contribution is 2.23. The number of halogens is 2. The monoisotopic (exact) mass is 354 g/mol. The van der Waals surface area contributed by atoms with Crippen LogP contribution in [0.1, 0.15) is 16.1 Å². The quantitative estimate of drug-likeness (QED) is 0.827. The molecule has 0 saturated carbocycles. The molecule has 5 nitrogen and oxygen atoms in total. The van der Waals surface area contributed by atoms with E-state index in [9.17, 15) is 4.79 Å². The van der Waals surface area contributed by atoms with Gasteiger partial charge in [0.2, 0.25) is 0 Å². The predicted molar refractivity (Wildman–Crippen MR) is 83.4 cm³/mol. The minimum atomic E-state index is -0.342. The Bertz CT molecular complexity index is 663. The molecule has 2 N–H and O–H groups in total. The van der Waals surface area contributed by atoms with Crippen LogP contribution in [0.4, 0.5) is 11.5 Å². The Balaban J connectivity index is 2.30. The predicted octanol–water partition coefficient (Wildman–Crippen LogP) is 3.49. The maximum absolute atomic E-state index is 12.2. The summed E-state index contributed by atoms with van der Waals surface area (Å²) < 4.78 is 0.683. The van der Waals surface area contributed by atoms with E-state index >= 15 is 0 Å². The van der Waals surface area contributed by atoms with E-state index < -0.39 is 0 Å². The minimum Gasteiger partial charge on any atom is -0.371 e. The van der Waals surface area contributed by atoms with Gasteiger partial charge in [0.15, 0.2) is 0 Å². The third-order valence-electron chi connectivity index (χ3n) is 2.57. The lowest BCUT2D eigenvalue weighted by Crippen LogP contribution is -2.15. The Morgan fingerprint density at radius 2 is 2.15 bits per heavy atom. The molecule has 7 heteroatoms. The highest BCUT2D eigenvalue weighted by Gasteiger charge is 2.14. The van der Waals surface area contributed by atoms with Crippen LogP contribution in [0.2, 0.25) is 5.15 Å². The molecule has 0 saturated heterocycles. The van der Waals surface area contributed by atoms with Crippen molar-refractivity contribution in [3.63, 3.8) is 0 Å². The second-order valence-electron chi connectivity index (χ2n) is 4.04. The SMILES string of the molecule is CNc1nc(C)ccc1NC(=O)c1cc(Br)cnc1Cl. The molecular weight excluding hydrogens is 344 g/mol. The lowest BCUT2D eigenvalue weighted by molar-refractivity contribution is 0.102. The van der Waals surface area contributed by atoms with Crippen molar-refractivity contribution in [1.29, 1.82) is 0 Å². The van der Waals surface area contributed by atoms with E-state index in [1.807, 2.05) is 13.0 Å². The molecule has 0 radical (unpaired) electrons. The van der Waals surface area contributed by atoms with E-state index in [1.165, 1.54) is 6.20 Å². The first-order valence-corrected chi connectivity index (χ1v) is 6.96. The lowest BCUT2D eigenvalue weighted by atomic mass is 10.2. The molecule has 2 aromatic heterocycles. The topological polar surface area (TPSA) is 66.9 Å². The molecule has 1 amide bonds. The smallest absolute Gasteiger partial charge is 0.258 e. The molecule has 0 spiro atoms. The van der Waals surface area contributed by atoms with Gasteiger partial charge in [-0.3, -0.25) is 4.79 Å². The van der Waals surface area contributed by atoms with Crippen LogP contribution in [0.5, 0.6) is 0 Å². The van der Waals surface area contributed by atoms with Crippen LogP contribution in [0.15, 0.2) is 28.9 Å². The van der Waals surface area contributed by atoms with Gasteiger partial charge < -0.3 is 10.6 Å². The number of pyridine rings is 2. The van der Waals surface area contributed by atoms with E-state index in [0.717, 1.165) is 5.69 Å². The van der Waals surface area contributed by atoms with Gasteiger partial charge in [-0.05, 0) is 41.1 Å². The number of nitrogens with zero attached hydrogens (tertiary/aromatic N) is 2. The van der Waals surface area contributed by atoms with E-state index in [4.69, 9.17) is 11.6 Å². The van der Waals surface area contributed by atoms with Crippen molar-refractivity contribution in [2.24, 2.45) is 0 Å². The van der Waals surface area contributed by atoms with Gasteiger partial charge in [-0.2, -0.15) is 0 Å². The second-order valence-corrected chi connectivity index (χ2v) is 5.32. The number of hydrogen-bond acceptors (Lipinski definition) is 4. The van der Waals surface area contributed by atoms with Crippen LogP contribution < -0.4 is 10.6 Å². The maximum atomic E-state index is 12.2. The number of amides is 1. The molecule has 2 rings (SSSR count). The summed E-state index contributed by atoms with van der Waals surface area (Å²) >= 11 is 9.19. The first-order valence-electron chi connectivity index (χ1n) is 5.79. The first kappa shape index (κ1) is 14.7. The van der Waals surface area contributed by atoms with Crippen LogP contribution in [0.3, 0.4) is 0 Å². The van der Waals surface area contributed by atoms with E-state index in [2.05, 4.69) is 36.5 Å². The number of carbonyl (C=O) groups excluding carboxylic acids is 1. The number of rotatable bonds is 3. The summed E-state index contributed by atoms with van der Waals surface area (Å²) in [6.45, 7) is 1.88. The Hall–Kier alpha value is -1.66. The zero-order chi connectivity index (χ0) is 14.7. The van der Waals surface area contributed by atoms with E-state index in [0.29, 0.717) is 21.5 Å². The molecule has 0 aliphatic carbocycles. The normalized spacial score (nSPS) is 10.2. The molecule has 104 valence electrons. The van der Waals surface area contributed by atoms with Gasteiger partial charge in [-0.25, -0.2) is 9.97 Å². The van der Waals surface area contributed by atoms with Gasteiger partial charge in [-0.1, -0.05) is 11.6 Å². The number of aryl methyl sites for hydroxylation is 1. The van der Waals surface area contributed by atoms with Crippen molar-refractivity contribution in [1.82, 2.24) is 9.97 Å². The molecule has 0 aromatic carbocycles. The largest absolute Gasteiger partial charge is 0.371 e. The highest BCUT2D eigenvalue weighted by molar-refractivity contribution is 9.10. The summed E-state index contributed by atoms with van der Waals surface area (Å²) in [5.74, 6) is 0.253. The third kappa shape index (κ3) is 3.26. The molecule has 0 fully saturated rings. The highest BCUT2D eigenvalue weighted by atomic mass is 79.9. The third-order valence-corrected chi connectivity index (χ3v) is 3.30. The van der Waals surface area contributed by atoms with E-state index in [-0.39, 0.29) is 11.1 Å². The van der Waals surface area contributed by atoms with Gasteiger partial charge in [-0.15, -0.1) is 0 Å². The van der Waals surface area contributed by atoms with Crippen molar-refractivity contribution < 1.29 is 4.79 Å². The average Bonchev–Trinajstić information content (AvgIpc) is 2.43. The number of nitrogens with one attached hydrogen (secondary N) is 2. The molecule has 2 aromatic rings. The molecule has 0 aliphatic heterocycles. The molecule has 20 heavy (non-hydrogen) atoms. The minimum absolute atomic E-state index is 0.150. The van der Waals surface area contributed by atoms with Crippen LogP contribution in [0.25, 0.3) is 0 Å². The van der Waals surface area contributed by atoms with Crippen LogP contribution in [0, 0.1) is 6.92 Å². The molecule has 0 unspecified atom stereocenters. The first-order chi connectivity index (χ1) is 9.51. The summed E-state index contributed by atoms with van der Waals surface area (Å²) in [4.78, 5) is 20.4. The zero-order valence-corrected chi connectivity index (χ0v) is 13.2. The van der Waals surface area contributed by atoms with Crippen molar-refractivity contribution >= 4 is 44.9 Å². The van der Waals surface area contributed by atoms with Crippen molar-refractivity contribution in [3.05, 3.63) is 45.3 Å². The number of anilines is 2. The summed E-state index contributed by atoms with van der Waals surface area (Å²) in [5.41, 5.74) is 1.73. The fourth-order valence-corrected chi connectivity index (χ4v) is 2.14. The summed E-state index contributed by atoms with van der Waals surface area (Å²) in [6, 6.07) is 5.22. The Morgan fingerprint density at radius 3 is 2.85 bits per heavy atom. The Morgan fingerprint density at radius 1 is 1.40 bits per heavy atom. The Labute approximate surface area is 129 Å². The molecule has 0 aliphatic rings. The molecule has 0 atom stereocenters. The lowest BCUT2D eigenvalue weighted by Gasteiger charge is -2.11. The fourth-order valence-electron chi connectivity index (χ4n) is 1.62. The molecular formula is C13H12BrClN4O. The van der Waals surface area contributed by atoms with E-state index in [1.54, 1.807) is 19.2 Å². The summed E-state index contributed by atoms with van der Waals surface area (Å²) in [5, 5.41) is 5.85. The standard InChI is InChI=1S/C13H12BrClN4O/c1-7-3-4-10(12(16-2)18-7)19-13(20)9-5-8(14)6-17-11(9)15/h3-6H,1-2H3,(H,16,18)(H,19,20). The van der Waals surface area contributed by atoms with Crippen LogP contribution in [-0.4, -0.2) is 22.9 Å². The van der Waals surface area contributed by atoms with Gasteiger partial charge >= 0.3 is 0 Å². The van der Waals surface area contributed by atoms with Crippen molar-refractivity contribution in [3.8, 4) is 0 Å². The maximum Gasteiger partial charge on any atom is 0.258 e. The summed E-state index contributed by atoms with van der Waals surface area (Å²) in [6.07, 6.45) is 1.53. The summed E-state index contributed by atoms with van der Waals surface area (Å²) in [7, 11) is 1.74. The van der Waals surface area contributed by atoms with Gasteiger partial charge in [0.1, 0.15) is 11.0 Å². The van der Waals surface area contributed by atoms with Gasteiger partial charge in [0.05, 0.1) is 11.3 Å². The number of hydrogen-bond donors (Lipinski definition) is 2. The fraction of sp³-hybridized carbons (Fsp3) is 0.154. The van der Waals surface area contributed by atoms with Crippen molar-refractivity contribution in [2.45, 2.75) is 6.92 Å². The number of aromatic nitrogens is 2. The van der Waals surface area contributed by atoms with Crippen molar-refractivity contribution in [2.75, 3.05) is 17.7 Å². The van der Waals surface area contributed by atoms with Gasteiger partial charge in [0.25, 0.3) is 5.91 Å². The second kappa shape index (κ2) is 6.19. The van der Waals surface area contributed by atoms with Crippen LogP contribution >= 0.6 is 27.5 Å². The average molecular weight is 356 g/mol. The molecule has 0 bridgehead atoms. The molecule has 2 heterocycles. The van der Waals surface area contributed by atoms with Crippen LogP contribution in [-0.2, 0) is 0 Å². The van der Waals surface area contributed by atoms with Gasteiger partial charge in [0, 0.05) is 23.4 Å². The number of carbonyl (C=O) groups is 1. The Kier molecular flexibility index (Phi) is 4.57. The zero-order valence-electron chi connectivity index (χ0n) is 10.9.